The van der Waals surface area contributed by atoms with Crippen molar-refractivity contribution in [3.05, 3.63) is 175 Å². The Morgan fingerprint density at radius 3 is 1.57 bits per heavy atom. The molecule has 54 heavy (non-hydrogen) atoms. The Bertz CT molecular complexity index is 3590. The summed E-state index contributed by atoms with van der Waals surface area (Å²) in [5.74, 6) is 0. The minimum absolute atomic E-state index is 0.0721. The van der Waals surface area contributed by atoms with Crippen molar-refractivity contribution >= 4 is 81.7 Å². The third-order valence-corrected chi connectivity index (χ3v) is 12.8. The zero-order chi connectivity index (χ0) is 35.4. The summed E-state index contributed by atoms with van der Waals surface area (Å²) >= 11 is 0. The number of aromatic nitrogens is 3. The van der Waals surface area contributed by atoms with Crippen LogP contribution in [0, 0.1) is 0 Å². The van der Waals surface area contributed by atoms with Gasteiger partial charge in [0.25, 0.3) is 0 Å². The van der Waals surface area contributed by atoms with Crippen LogP contribution in [0.2, 0.25) is 0 Å². The zero-order valence-electron chi connectivity index (χ0n) is 29.9. The highest BCUT2D eigenvalue weighted by Crippen LogP contribution is 2.50. The van der Waals surface area contributed by atoms with Crippen LogP contribution in [0.4, 0.5) is 0 Å². The molecule has 0 aliphatic heterocycles. The Morgan fingerprint density at radius 2 is 0.870 bits per heavy atom. The Balaban J connectivity index is 1.11. The van der Waals surface area contributed by atoms with E-state index in [1.807, 2.05) is 0 Å². The standard InChI is InChI=1S/C51H33N3/c1-51(2)40-18-7-3-12-32(40)33-24-22-30(28-41(33)51)52-43-20-9-5-14-38(43)48-45(52)26-27-46-49(48)39-15-6-10-21-44(39)53(46)31-23-25-35-37-17-11-16-36-34-13-4-8-19-42(34)54(50(36)37)47(35)29-31/h3-29H,1-2H3. The van der Waals surface area contributed by atoms with E-state index in [0.29, 0.717) is 0 Å². The number of nitrogens with zero attached hydrogens (tertiary/aromatic N) is 3. The maximum Gasteiger partial charge on any atom is 0.0620 e. The van der Waals surface area contributed by atoms with E-state index in [9.17, 15) is 0 Å². The van der Waals surface area contributed by atoms with Crippen molar-refractivity contribution in [2.45, 2.75) is 19.3 Å². The van der Waals surface area contributed by atoms with Gasteiger partial charge in [0.15, 0.2) is 0 Å². The molecule has 4 heterocycles. The summed E-state index contributed by atoms with van der Waals surface area (Å²) in [5.41, 5.74) is 16.5. The van der Waals surface area contributed by atoms with E-state index < -0.39 is 0 Å². The van der Waals surface area contributed by atoms with Crippen molar-refractivity contribution in [3.8, 4) is 22.5 Å². The van der Waals surface area contributed by atoms with Gasteiger partial charge in [0.1, 0.15) is 0 Å². The molecule has 8 aromatic carbocycles. The molecule has 0 fully saturated rings. The lowest BCUT2D eigenvalue weighted by atomic mass is 9.82. The second kappa shape index (κ2) is 9.77. The molecule has 252 valence electrons. The molecular formula is C51H33N3. The molecule has 0 bridgehead atoms. The van der Waals surface area contributed by atoms with Crippen LogP contribution in [-0.2, 0) is 5.41 Å². The molecule has 3 heteroatoms. The van der Waals surface area contributed by atoms with Crippen molar-refractivity contribution in [2.24, 2.45) is 0 Å². The van der Waals surface area contributed by atoms with Crippen LogP contribution in [0.5, 0.6) is 0 Å². The number of rotatable bonds is 2. The van der Waals surface area contributed by atoms with Crippen molar-refractivity contribution in [2.75, 3.05) is 0 Å². The SMILES string of the molecule is CC1(C)c2ccccc2-c2ccc(-n3c4ccccc4c4c5c6ccccc6n(-c6ccc7c8cccc9c%10ccccc%10n(c7c6)c98)c5ccc43)cc21. The second-order valence-corrected chi connectivity index (χ2v) is 15.7. The maximum absolute atomic E-state index is 2.49. The molecule has 0 unspecified atom stereocenters. The second-order valence-electron chi connectivity index (χ2n) is 15.7. The Hall–Kier alpha value is -6.84. The minimum Gasteiger partial charge on any atom is -0.309 e. The minimum atomic E-state index is -0.0721. The molecule has 1 aliphatic rings. The monoisotopic (exact) mass is 687 g/mol. The lowest BCUT2D eigenvalue weighted by Gasteiger charge is -2.22. The average molecular weight is 688 g/mol. The lowest BCUT2D eigenvalue weighted by Crippen LogP contribution is -2.15. The van der Waals surface area contributed by atoms with Gasteiger partial charge in [-0.1, -0.05) is 123 Å². The van der Waals surface area contributed by atoms with Gasteiger partial charge in [-0.05, 0) is 76.9 Å². The van der Waals surface area contributed by atoms with E-state index in [0.717, 1.165) is 0 Å². The summed E-state index contributed by atoms with van der Waals surface area (Å²) in [4.78, 5) is 0. The molecule has 0 N–H and O–H groups in total. The molecule has 4 aromatic heterocycles. The van der Waals surface area contributed by atoms with Gasteiger partial charge >= 0.3 is 0 Å². The van der Waals surface area contributed by atoms with Crippen LogP contribution < -0.4 is 0 Å². The molecule has 0 saturated carbocycles. The number of fused-ring (bicyclic) bond motifs is 16. The van der Waals surface area contributed by atoms with E-state index in [2.05, 4.69) is 191 Å². The van der Waals surface area contributed by atoms with Gasteiger partial charge in [0.2, 0.25) is 0 Å². The fraction of sp³-hybridized carbons (Fsp3) is 0.0588. The molecule has 0 saturated heterocycles. The van der Waals surface area contributed by atoms with Crippen LogP contribution >= 0.6 is 0 Å². The van der Waals surface area contributed by atoms with Gasteiger partial charge < -0.3 is 13.5 Å². The first-order chi connectivity index (χ1) is 26.6. The average Bonchev–Trinajstić information content (AvgIpc) is 3.98. The number of para-hydroxylation sites is 4. The van der Waals surface area contributed by atoms with Crippen LogP contribution in [-0.4, -0.2) is 13.5 Å². The largest absolute Gasteiger partial charge is 0.309 e. The Morgan fingerprint density at radius 1 is 0.352 bits per heavy atom. The Labute approximate surface area is 310 Å². The predicted molar refractivity (Wildman–Crippen MR) is 227 cm³/mol. The third-order valence-electron chi connectivity index (χ3n) is 12.8. The highest BCUT2D eigenvalue weighted by Gasteiger charge is 2.35. The quantitative estimate of drug-likeness (QED) is 0.172. The maximum atomic E-state index is 2.49. The first-order valence-electron chi connectivity index (χ1n) is 19.0. The van der Waals surface area contributed by atoms with E-state index in [4.69, 9.17) is 0 Å². The fourth-order valence-corrected chi connectivity index (χ4v) is 10.5. The zero-order valence-corrected chi connectivity index (χ0v) is 29.9. The summed E-state index contributed by atoms with van der Waals surface area (Å²) in [6.45, 7) is 4.73. The van der Waals surface area contributed by atoms with Crippen molar-refractivity contribution in [1.29, 1.82) is 0 Å². The lowest BCUT2D eigenvalue weighted by molar-refractivity contribution is 0.660. The molecule has 3 nitrogen and oxygen atoms in total. The van der Waals surface area contributed by atoms with Crippen LogP contribution in [0.3, 0.4) is 0 Å². The predicted octanol–water partition coefficient (Wildman–Crippen LogP) is 13.3. The van der Waals surface area contributed by atoms with E-state index in [-0.39, 0.29) is 5.41 Å². The van der Waals surface area contributed by atoms with Crippen molar-refractivity contribution in [1.82, 2.24) is 13.5 Å². The summed E-state index contributed by atoms with van der Waals surface area (Å²) < 4.78 is 7.46. The highest BCUT2D eigenvalue weighted by molar-refractivity contribution is 6.29. The summed E-state index contributed by atoms with van der Waals surface area (Å²) in [6.07, 6.45) is 0. The van der Waals surface area contributed by atoms with Gasteiger partial charge in [-0.2, -0.15) is 0 Å². The number of hydrogen-bond acceptors (Lipinski definition) is 0. The molecule has 1 aliphatic carbocycles. The van der Waals surface area contributed by atoms with Gasteiger partial charge in [-0.15, -0.1) is 0 Å². The molecule has 0 amide bonds. The van der Waals surface area contributed by atoms with Crippen molar-refractivity contribution in [3.63, 3.8) is 0 Å². The fourth-order valence-electron chi connectivity index (χ4n) is 10.5. The van der Waals surface area contributed by atoms with Gasteiger partial charge in [0, 0.05) is 59.9 Å². The molecule has 0 radical (unpaired) electrons. The molecule has 0 atom stereocenters. The van der Waals surface area contributed by atoms with Crippen LogP contribution in [0.1, 0.15) is 25.0 Å². The number of benzene rings is 8. The Kier molecular flexibility index (Phi) is 5.19. The van der Waals surface area contributed by atoms with Crippen LogP contribution in [0.25, 0.3) is 104 Å². The summed E-state index contributed by atoms with van der Waals surface area (Å²) in [5, 5.41) is 10.3. The molecule has 0 spiro atoms. The first-order valence-corrected chi connectivity index (χ1v) is 19.0. The molecule has 12 aromatic rings. The van der Waals surface area contributed by atoms with Crippen LogP contribution in [0.15, 0.2) is 164 Å². The highest BCUT2D eigenvalue weighted by atomic mass is 15.0. The molecular weight excluding hydrogens is 655 g/mol. The van der Waals surface area contributed by atoms with Gasteiger partial charge in [0.05, 0.1) is 38.6 Å². The smallest absolute Gasteiger partial charge is 0.0620 e. The summed E-state index contributed by atoms with van der Waals surface area (Å²) in [7, 11) is 0. The first kappa shape index (κ1) is 28.7. The van der Waals surface area contributed by atoms with E-state index >= 15 is 0 Å². The van der Waals surface area contributed by atoms with Gasteiger partial charge in [-0.25, -0.2) is 0 Å². The molecule has 13 rings (SSSR count). The van der Waals surface area contributed by atoms with E-state index in [1.165, 1.54) is 115 Å². The number of hydrogen-bond donors (Lipinski definition) is 0. The summed E-state index contributed by atoms with van der Waals surface area (Å²) in [6, 6.07) is 61.2. The van der Waals surface area contributed by atoms with E-state index in [1.54, 1.807) is 0 Å². The topological polar surface area (TPSA) is 14.3 Å². The third kappa shape index (κ3) is 3.35. The van der Waals surface area contributed by atoms with Crippen molar-refractivity contribution < 1.29 is 0 Å². The normalized spacial score (nSPS) is 13.9. The van der Waals surface area contributed by atoms with Gasteiger partial charge in [-0.3, -0.25) is 0 Å².